The van der Waals surface area contributed by atoms with Crippen LogP contribution in [0.1, 0.15) is 19.8 Å². The second-order valence-corrected chi connectivity index (χ2v) is 4.54. The molecule has 0 aromatic heterocycles. The van der Waals surface area contributed by atoms with Crippen LogP contribution in [0, 0.1) is 5.41 Å². The summed E-state index contributed by atoms with van der Waals surface area (Å²) in [7, 11) is 0. The zero-order valence-electron chi connectivity index (χ0n) is 7.75. The highest BCUT2D eigenvalue weighted by Crippen LogP contribution is 2.16. The highest BCUT2D eigenvalue weighted by atomic mass is 32.2. The SMILES string of the molecule is CC(SC(=N)N)C(=O)N1CCCC1. The van der Waals surface area contributed by atoms with Crippen LogP contribution in [0.5, 0.6) is 0 Å². The van der Waals surface area contributed by atoms with Crippen LogP contribution in [-0.2, 0) is 4.79 Å². The number of carbonyl (C=O) groups is 1. The number of hydrogen-bond acceptors (Lipinski definition) is 3. The molecule has 0 spiro atoms. The molecule has 1 saturated heterocycles. The van der Waals surface area contributed by atoms with Gasteiger partial charge in [-0.2, -0.15) is 0 Å². The van der Waals surface area contributed by atoms with E-state index in [9.17, 15) is 4.79 Å². The normalized spacial score (nSPS) is 18.7. The Balaban J connectivity index is 2.41. The van der Waals surface area contributed by atoms with Gasteiger partial charge in [-0.1, -0.05) is 11.8 Å². The number of likely N-dealkylation sites (tertiary alicyclic amines) is 1. The third-order valence-corrected chi connectivity index (χ3v) is 2.88. The van der Waals surface area contributed by atoms with Crippen LogP contribution >= 0.6 is 11.8 Å². The molecule has 1 heterocycles. The van der Waals surface area contributed by atoms with Gasteiger partial charge in [-0.25, -0.2) is 0 Å². The number of hydrogen-bond donors (Lipinski definition) is 2. The summed E-state index contributed by atoms with van der Waals surface area (Å²) in [6, 6.07) is 0. The highest BCUT2D eigenvalue weighted by Gasteiger charge is 2.23. The molecule has 3 N–H and O–H groups in total. The Morgan fingerprint density at radius 3 is 2.54 bits per heavy atom. The van der Waals surface area contributed by atoms with Crippen molar-refractivity contribution in [2.24, 2.45) is 5.73 Å². The average Bonchev–Trinajstić information content (AvgIpc) is 2.53. The van der Waals surface area contributed by atoms with Gasteiger partial charge in [-0.3, -0.25) is 10.2 Å². The third-order valence-electron chi connectivity index (χ3n) is 2.07. The number of rotatable bonds is 2. The quantitative estimate of drug-likeness (QED) is 0.508. The molecule has 0 bridgehead atoms. The summed E-state index contributed by atoms with van der Waals surface area (Å²) in [5.74, 6) is 0.109. The number of nitrogens with two attached hydrogens (primary N) is 1. The summed E-state index contributed by atoms with van der Waals surface area (Å²) in [6.07, 6.45) is 2.20. The lowest BCUT2D eigenvalue weighted by molar-refractivity contribution is -0.129. The summed E-state index contributed by atoms with van der Waals surface area (Å²) in [5, 5.41) is 6.86. The molecule has 13 heavy (non-hydrogen) atoms. The summed E-state index contributed by atoms with van der Waals surface area (Å²) < 4.78 is 0. The fraction of sp³-hybridized carbons (Fsp3) is 0.750. The van der Waals surface area contributed by atoms with E-state index in [1.54, 1.807) is 6.92 Å². The molecule has 1 unspecified atom stereocenters. The number of nitrogens with one attached hydrogen (secondary N) is 1. The molecule has 1 fully saturated rings. The molecule has 0 aromatic carbocycles. The van der Waals surface area contributed by atoms with E-state index in [1.165, 1.54) is 0 Å². The molecular formula is C8H15N3OS. The molecule has 74 valence electrons. The van der Waals surface area contributed by atoms with Crippen molar-refractivity contribution in [1.29, 1.82) is 5.41 Å². The molecule has 1 atom stereocenters. The Labute approximate surface area is 82.4 Å². The van der Waals surface area contributed by atoms with Crippen molar-refractivity contribution in [2.45, 2.75) is 25.0 Å². The van der Waals surface area contributed by atoms with E-state index in [-0.39, 0.29) is 16.3 Å². The largest absolute Gasteiger partial charge is 0.379 e. The molecular weight excluding hydrogens is 186 g/mol. The average molecular weight is 201 g/mol. The molecule has 1 rings (SSSR count). The molecule has 0 aromatic rings. The maximum atomic E-state index is 11.6. The Morgan fingerprint density at radius 2 is 2.08 bits per heavy atom. The minimum atomic E-state index is -0.212. The molecule has 1 aliphatic rings. The smallest absolute Gasteiger partial charge is 0.235 e. The molecule has 1 amide bonds. The summed E-state index contributed by atoms with van der Waals surface area (Å²) >= 11 is 1.12. The van der Waals surface area contributed by atoms with E-state index in [0.29, 0.717) is 0 Å². The van der Waals surface area contributed by atoms with Crippen molar-refractivity contribution in [3.05, 3.63) is 0 Å². The predicted octanol–water partition coefficient (Wildman–Crippen LogP) is 0.624. The maximum Gasteiger partial charge on any atom is 0.235 e. The van der Waals surface area contributed by atoms with Gasteiger partial charge in [0, 0.05) is 13.1 Å². The minimum absolute atomic E-state index is 0.0139. The van der Waals surface area contributed by atoms with Crippen LogP contribution in [0.2, 0.25) is 0 Å². The summed E-state index contributed by atoms with van der Waals surface area (Å²) in [4.78, 5) is 13.5. The first-order chi connectivity index (χ1) is 6.11. The molecule has 4 nitrogen and oxygen atoms in total. The van der Waals surface area contributed by atoms with Gasteiger partial charge in [0.05, 0.1) is 5.25 Å². The second-order valence-electron chi connectivity index (χ2n) is 3.16. The third kappa shape index (κ3) is 2.91. The molecule has 0 saturated carbocycles. The first kappa shape index (κ1) is 10.4. The van der Waals surface area contributed by atoms with Crippen molar-refractivity contribution in [3.63, 3.8) is 0 Å². The van der Waals surface area contributed by atoms with Gasteiger partial charge >= 0.3 is 0 Å². The fourth-order valence-corrected chi connectivity index (χ4v) is 2.07. The van der Waals surface area contributed by atoms with Gasteiger partial charge < -0.3 is 10.6 Å². The summed E-state index contributed by atoms with van der Waals surface area (Å²) in [6.45, 7) is 3.52. The van der Waals surface area contributed by atoms with Crippen LogP contribution in [0.25, 0.3) is 0 Å². The van der Waals surface area contributed by atoms with Gasteiger partial charge in [0.1, 0.15) is 0 Å². The van der Waals surface area contributed by atoms with E-state index >= 15 is 0 Å². The zero-order chi connectivity index (χ0) is 9.84. The minimum Gasteiger partial charge on any atom is -0.379 e. The van der Waals surface area contributed by atoms with Gasteiger partial charge in [-0.05, 0) is 19.8 Å². The first-order valence-corrected chi connectivity index (χ1v) is 5.28. The number of amidine groups is 1. The maximum absolute atomic E-state index is 11.6. The van der Waals surface area contributed by atoms with E-state index in [4.69, 9.17) is 11.1 Å². The molecule has 1 aliphatic heterocycles. The number of amides is 1. The highest BCUT2D eigenvalue weighted by molar-refractivity contribution is 8.14. The molecule has 0 aliphatic carbocycles. The van der Waals surface area contributed by atoms with E-state index < -0.39 is 0 Å². The monoisotopic (exact) mass is 201 g/mol. The topological polar surface area (TPSA) is 70.2 Å². The van der Waals surface area contributed by atoms with Gasteiger partial charge in [0.2, 0.25) is 5.91 Å². The van der Waals surface area contributed by atoms with E-state index in [0.717, 1.165) is 37.7 Å². The lowest BCUT2D eigenvalue weighted by atomic mass is 10.4. The molecule has 0 radical (unpaired) electrons. The molecule has 5 heteroatoms. The van der Waals surface area contributed by atoms with Crippen LogP contribution in [0.3, 0.4) is 0 Å². The lowest BCUT2D eigenvalue weighted by Gasteiger charge is -2.19. The summed E-state index contributed by atoms with van der Waals surface area (Å²) in [5.41, 5.74) is 5.21. The van der Waals surface area contributed by atoms with Gasteiger partial charge in [-0.15, -0.1) is 0 Å². The predicted molar refractivity (Wildman–Crippen MR) is 54.8 cm³/mol. The Bertz CT molecular complexity index is 213. The Kier molecular flexibility index (Phi) is 3.59. The number of thioether (sulfide) groups is 1. The van der Waals surface area contributed by atoms with Crippen LogP contribution in [0.4, 0.5) is 0 Å². The first-order valence-electron chi connectivity index (χ1n) is 4.40. The van der Waals surface area contributed by atoms with Gasteiger partial charge in [0.15, 0.2) is 5.17 Å². The Hall–Kier alpha value is -0.710. The number of carbonyl (C=O) groups excluding carboxylic acids is 1. The van der Waals surface area contributed by atoms with E-state index in [2.05, 4.69) is 0 Å². The van der Waals surface area contributed by atoms with Crippen LogP contribution in [0.15, 0.2) is 0 Å². The fourth-order valence-electron chi connectivity index (χ4n) is 1.44. The number of nitrogens with zero attached hydrogens (tertiary/aromatic N) is 1. The van der Waals surface area contributed by atoms with Crippen molar-refractivity contribution in [1.82, 2.24) is 4.90 Å². The van der Waals surface area contributed by atoms with Crippen molar-refractivity contribution in [2.75, 3.05) is 13.1 Å². The Morgan fingerprint density at radius 1 is 1.54 bits per heavy atom. The van der Waals surface area contributed by atoms with E-state index in [1.807, 2.05) is 4.90 Å². The van der Waals surface area contributed by atoms with Crippen molar-refractivity contribution >= 4 is 22.8 Å². The van der Waals surface area contributed by atoms with Crippen LogP contribution < -0.4 is 5.73 Å². The zero-order valence-corrected chi connectivity index (χ0v) is 8.56. The van der Waals surface area contributed by atoms with Crippen LogP contribution in [-0.4, -0.2) is 34.3 Å². The second kappa shape index (κ2) is 4.50. The lowest BCUT2D eigenvalue weighted by Crippen LogP contribution is -2.35. The van der Waals surface area contributed by atoms with Crippen molar-refractivity contribution < 1.29 is 4.79 Å². The standard InChI is InChI=1S/C8H15N3OS/c1-6(13-8(9)10)7(12)11-4-2-3-5-11/h6H,2-5H2,1H3,(H3,9,10). The van der Waals surface area contributed by atoms with Crippen molar-refractivity contribution in [3.8, 4) is 0 Å². The van der Waals surface area contributed by atoms with Gasteiger partial charge in [0.25, 0.3) is 0 Å².